The standard InChI is InChI=1S/C8H16N2O2/c1-7(2,3)10(12)8(4)6(11)9(8)5/h12H,1-5H3/p+1. The van der Waals surface area contributed by atoms with Crippen molar-refractivity contribution in [2.75, 3.05) is 7.05 Å². The molecule has 0 aromatic rings. The Morgan fingerprint density at radius 3 is 1.92 bits per heavy atom. The van der Waals surface area contributed by atoms with Crippen LogP contribution in [-0.4, -0.2) is 39.3 Å². The normalized spacial score (nSPS) is 29.9. The maximum Gasteiger partial charge on any atom is 0.272 e. The van der Waals surface area contributed by atoms with Crippen LogP contribution in [-0.2, 0) is 4.79 Å². The first-order valence-corrected chi connectivity index (χ1v) is 4.02. The summed E-state index contributed by atoms with van der Waals surface area (Å²) < 4.78 is 0. The predicted octanol–water partition coefficient (Wildman–Crippen LogP) is -0.0853. The third kappa shape index (κ3) is 1.03. The molecule has 1 heterocycles. The van der Waals surface area contributed by atoms with Gasteiger partial charge in [-0.05, 0) is 32.8 Å². The molecule has 4 nitrogen and oxygen atoms in total. The summed E-state index contributed by atoms with van der Waals surface area (Å²) in [5.41, 5.74) is -0.993. The molecule has 1 rings (SSSR count). The summed E-state index contributed by atoms with van der Waals surface area (Å²) in [6.07, 6.45) is 0. The maximum absolute atomic E-state index is 11.2. The summed E-state index contributed by atoms with van der Waals surface area (Å²) in [7, 11) is 1.72. The highest BCUT2D eigenvalue weighted by atomic mass is 16.5. The lowest BCUT2D eigenvalue weighted by Gasteiger charge is -2.28. The van der Waals surface area contributed by atoms with Crippen LogP contribution in [0.25, 0.3) is 0 Å². The molecule has 1 aliphatic heterocycles. The average Bonchev–Trinajstić information content (AvgIpc) is 2.39. The number of hydroxylamine groups is 2. The van der Waals surface area contributed by atoms with E-state index in [4.69, 9.17) is 5.21 Å². The lowest BCUT2D eigenvalue weighted by Crippen LogP contribution is -2.48. The molecule has 0 aromatic carbocycles. The van der Waals surface area contributed by atoms with E-state index in [1.54, 1.807) is 18.9 Å². The van der Waals surface area contributed by atoms with Crippen molar-refractivity contribution in [3.8, 4) is 0 Å². The molecule has 4 heteroatoms. The van der Waals surface area contributed by atoms with Crippen molar-refractivity contribution in [2.24, 2.45) is 0 Å². The molecule has 0 aliphatic carbocycles. The molecular weight excluding hydrogens is 156 g/mol. The summed E-state index contributed by atoms with van der Waals surface area (Å²) in [5.74, 6) is 0.0208. The molecule has 0 bridgehead atoms. The average molecular weight is 173 g/mol. The van der Waals surface area contributed by atoms with Crippen molar-refractivity contribution in [2.45, 2.75) is 38.9 Å². The molecule has 1 fully saturated rings. The minimum Gasteiger partial charge on any atom is -0.336 e. The van der Waals surface area contributed by atoms with E-state index >= 15 is 0 Å². The summed E-state index contributed by atoms with van der Waals surface area (Å²) in [5, 5.41) is 9.12. The third-order valence-electron chi connectivity index (χ3n) is 2.42. The Morgan fingerprint density at radius 1 is 1.50 bits per heavy atom. The van der Waals surface area contributed by atoms with Gasteiger partial charge in [0.15, 0.2) is 0 Å². The maximum atomic E-state index is 11.2. The van der Waals surface area contributed by atoms with Gasteiger partial charge in [-0.15, -0.1) is 0 Å². The summed E-state index contributed by atoms with van der Waals surface area (Å²) in [6, 6.07) is 0. The van der Waals surface area contributed by atoms with Crippen molar-refractivity contribution >= 4 is 5.91 Å². The molecule has 12 heavy (non-hydrogen) atoms. The van der Waals surface area contributed by atoms with Crippen LogP contribution in [0.5, 0.6) is 0 Å². The first kappa shape index (κ1) is 9.48. The highest BCUT2D eigenvalue weighted by Gasteiger charge is 2.66. The fourth-order valence-electron chi connectivity index (χ4n) is 1.33. The highest BCUT2D eigenvalue weighted by molar-refractivity contribution is 6.00. The quantitative estimate of drug-likeness (QED) is 0.316. The number of amides is 1. The van der Waals surface area contributed by atoms with E-state index in [0.29, 0.717) is 0 Å². The van der Waals surface area contributed by atoms with Crippen molar-refractivity contribution in [1.82, 2.24) is 9.96 Å². The third-order valence-corrected chi connectivity index (χ3v) is 2.42. The Hall–Kier alpha value is -0.610. The second-order valence-corrected chi connectivity index (χ2v) is 4.39. The van der Waals surface area contributed by atoms with Gasteiger partial charge < -0.3 is 10.1 Å². The molecule has 1 unspecified atom stereocenters. The summed E-state index contributed by atoms with van der Waals surface area (Å²) in [4.78, 5) is 12.8. The second kappa shape index (κ2) is 2.20. The molecule has 2 N–H and O–H groups in total. The number of carbonyl (C=O) groups is 1. The summed E-state index contributed by atoms with van der Waals surface area (Å²) in [6.45, 7) is 7.54. The van der Waals surface area contributed by atoms with Crippen molar-refractivity contribution in [1.29, 1.82) is 0 Å². The van der Waals surface area contributed by atoms with Gasteiger partial charge >= 0.3 is 0 Å². The van der Waals surface area contributed by atoms with Gasteiger partial charge in [0.2, 0.25) is 5.66 Å². The lowest BCUT2D eigenvalue weighted by atomic mass is 10.1. The Morgan fingerprint density at radius 2 is 1.83 bits per heavy atom. The topological polar surface area (TPSA) is 46.2 Å². The van der Waals surface area contributed by atoms with Gasteiger partial charge in [0.05, 0.1) is 5.54 Å². The largest absolute Gasteiger partial charge is 0.336 e. The minimum absolute atomic E-state index is 0.0208. The van der Waals surface area contributed by atoms with E-state index in [0.717, 1.165) is 0 Å². The highest BCUT2D eigenvalue weighted by Crippen LogP contribution is 2.38. The molecule has 1 aliphatic rings. The van der Waals surface area contributed by atoms with E-state index in [-0.39, 0.29) is 11.4 Å². The Bertz CT molecular complexity index is 222. The van der Waals surface area contributed by atoms with Gasteiger partial charge in [-0.3, -0.25) is 4.79 Å². The molecule has 1 saturated heterocycles. The number of hydrogen-bond donors (Lipinski definition) is 0. The van der Waals surface area contributed by atoms with E-state index < -0.39 is 5.66 Å². The van der Waals surface area contributed by atoms with Crippen molar-refractivity contribution in [3.05, 3.63) is 0 Å². The first-order valence-electron chi connectivity index (χ1n) is 4.02. The van der Waals surface area contributed by atoms with Crippen molar-refractivity contribution in [3.63, 3.8) is 0 Å². The van der Waals surface area contributed by atoms with E-state index in [1.165, 1.54) is 5.06 Å². The van der Waals surface area contributed by atoms with Crippen LogP contribution in [0.3, 0.4) is 0 Å². The molecule has 1 atom stereocenters. The number of nitrogens with zero attached hydrogens (tertiary/aromatic N) is 2. The van der Waals surface area contributed by atoms with E-state index in [2.05, 4.69) is 0 Å². The monoisotopic (exact) mass is 173 g/mol. The lowest BCUT2D eigenvalue weighted by molar-refractivity contribution is -0.204. The molecule has 0 radical (unpaired) electrons. The van der Waals surface area contributed by atoms with Crippen LogP contribution >= 0.6 is 0 Å². The molecular formula is C8H17N2O2+. The van der Waals surface area contributed by atoms with Gasteiger partial charge in [-0.2, -0.15) is 0 Å². The second-order valence-electron chi connectivity index (χ2n) is 4.39. The first-order chi connectivity index (χ1) is 5.22. The number of hydrogen-bond acceptors (Lipinski definition) is 2. The van der Waals surface area contributed by atoms with Crippen LogP contribution < -0.4 is 0 Å². The Labute approximate surface area is 72.7 Å². The van der Waals surface area contributed by atoms with Gasteiger partial charge in [-0.1, -0.05) is 0 Å². The number of likely N-dealkylation sites (N-methyl/N-ethyl adjacent to an activating group) is 1. The zero-order valence-corrected chi connectivity index (χ0v) is 8.30. The number of carbonyl (C=O) groups excluding carboxylic acids is 1. The molecule has 0 spiro atoms. The van der Waals surface area contributed by atoms with Gasteiger partial charge in [0, 0.05) is 7.05 Å². The van der Waals surface area contributed by atoms with Crippen LogP contribution in [0, 0.1) is 0 Å². The summed E-state index contributed by atoms with van der Waals surface area (Å²) >= 11 is 0. The van der Waals surface area contributed by atoms with E-state index in [9.17, 15) is 4.79 Å². The van der Waals surface area contributed by atoms with Crippen LogP contribution in [0.15, 0.2) is 0 Å². The van der Waals surface area contributed by atoms with Crippen LogP contribution in [0.2, 0.25) is 0 Å². The fraction of sp³-hybridized carbons (Fsp3) is 0.875. The Kier molecular flexibility index (Phi) is 1.74. The Balaban J connectivity index is 2.80. The SMILES string of the molecule is CN1C(=O)C1(C)N([OH2+])C(C)(C)C. The molecule has 70 valence electrons. The van der Waals surface area contributed by atoms with Crippen LogP contribution in [0.4, 0.5) is 0 Å². The smallest absolute Gasteiger partial charge is 0.272 e. The minimum atomic E-state index is -0.696. The molecule has 1 amide bonds. The van der Waals surface area contributed by atoms with Crippen molar-refractivity contribution < 1.29 is 10.0 Å². The predicted molar refractivity (Wildman–Crippen MR) is 46.4 cm³/mol. The fourth-order valence-corrected chi connectivity index (χ4v) is 1.33. The van der Waals surface area contributed by atoms with Crippen LogP contribution in [0.1, 0.15) is 27.7 Å². The van der Waals surface area contributed by atoms with Gasteiger partial charge in [-0.25, -0.2) is 0 Å². The zero-order chi connectivity index (χ0) is 9.73. The molecule has 0 aromatic heterocycles. The van der Waals surface area contributed by atoms with Gasteiger partial charge in [0.25, 0.3) is 5.91 Å². The molecule has 0 saturated carbocycles. The van der Waals surface area contributed by atoms with E-state index in [1.807, 2.05) is 20.8 Å². The number of rotatable bonds is 1. The van der Waals surface area contributed by atoms with Gasteiger partial charge in [0.1, 0.15) is 0 Å². The zero-order valence-electron chi connectivity index (χ0n) is 8.30.